The molecule has 1 saturated heterocycles. The van der Waals surface area contributed by atoms with Gasteiger partial charge in [-0.05, 0) is 43.5 Å². The Balaban J connectivity index is 1.46. The van der Waals surface area contributed by atoms with Crippen molar-refractivity contribution in [2.45, 2.75) is 38.3 Å². The van der Waals surface area contributed by atoms with Crippen LogP contribution in [0.2, 0.25) is 0 Å². The third-order valence-electron chi connectivity index (χ3n) is 4.67. The molecule has 142 valence electrons. The number of nitrogens with zero attached hydrogens (tertiary/aromatic N) is 1. The van der Waals surface area contributed by atoms with Crippen molar-refractivity contribution in [2.24, 2.45) is 0 Å². The number of anilines is 1. The highest BCUT2D eigenvalue weighted by atomic mass is 19.1. The van der Waals surface area contributed by atoms with Crippen LogP contribution >= 0.6 is 0 Å². The molecule has 2 aromatic rings. The van der Waals surface area contributed by atoms with Gasteiger partial charge in [-0.3, -0.25) is 4.79 Å². The lowest BCUT2D eigenvalue weighted by molar-refractivity contribution is -0.117. The molecule has 0 spiro atoms. The van der Waals surface area contributed by atoms with Crippen LogP contribution in [0, 0.1) is 5.82 Å². The summed E-state index contributed by atoms with van der Waals surface area (Å²) in [7, 11) is 0. The highest BCUT2D eigenvalue weighted by molar-refractivity contribution is 5.96. The summed E-state index contributed by atoms with van der Waals surface area (Å²) in [4.78, 5) is 25.9. The summed E-state index contributed by atoms with van der Waals surface area (Å²) in [5, 5.41) is 5.76. The minimum atomic E-state index is -0.387. The number of hydrogen-bond donors (Lipinski definition) is 2. The van der Waals surface area contributed by atoms with Crippen molar-refractivity contribution in [1.29, 1.82) is 0 Å². The van der Waals surface area contributed by atoms with Crippen LogP contribution in [0.15, 0.2) is 54.6 Å². The Hall–Kier alpha value is -2.89. The molecular weight excluding hydrogens is 345 g/mol. The van der Waals surface area contributed by atoms with Gasteiger partial charge >= 0.3 is 6.03 Å². The molecule has 0 aliphatic carbocycles. The molecule has 27 heavy (non-hydrogen) atoms. The van der Waals surface area contributed by atoms with Crippen LogP contribution in [0.4, 0.5) is 14.9 Å². The van der Waals surface area contributed by atoms with E-state index in [-0.39, 0.29) is 36.3 Å². The second kappa shape index (κ2) is 8.66. The van der Waals surface area contributed by atoms with Gasteiger partial charge in [-0.1, -0.05) is 36.4 Å². The van der Waals surface area contributed by atoms with Gasteiger partial charge in [0, 0.05) is 24.7 Å². The number of benzene rings is 2. The average molecular weight is 369 g/mol. The van der Waals surface area contributed by atoms with Crippen LogP contribution in [0.1, 0.15) is 25.3 Å². The summed E-state index contributed by atoms with van der Waals surface area (Å²) >= 11 is 0. The predicted octanol–water partition coefficient (Wildman–Crippen LogP) is 3.25. The Labute approximate surface area is 158 Å². The van der Waals surface area contributed by atoms with Crippen molar-refractivity contribution in [2.75, 3.05) is 11.4 Å². The maximum atomic E-state index is 13.4. The van der Waals surface area contributed by atoms with Crippen molar-refractivity contribution < 1.29 is 14.0 Å². The molecule has 2 aromatic carbocycles. The zero-order chi connectivity index (χ0) is 19.2. The maximum Gasteiger partial charge on any atom is 0.315 e. The van der Waals surface area contributed by atoms with Crippen LogP contribution in [-0.4, -0.2) is 30.6 Å². The molecule has 0 unspecified atom stereocenters. The standard InChI is InChI=1S/C21H24FN3O2/c1-15(10-11-16-6-3-2-4-7-16)23-21(27)24-18-13-20(26)25(14-18)19-9-5-8-17(22)12-19/h2-9,12,15,18H,10-11,13-14H2,1H3,(H2,23,24,27)/t15-,18+/m1/s1. The van der Waals surface area contributed by atoms with Crippen molar-refractivity contribution in [3.8, 4) is 0 Å². The van der Waals surface area contributed by atoms with E-state index < -0.39 is 0 Å². The van der Waals surface area contributed by atoms with E-state index in [0.717, 1.165) is 12.8 Å². The molecule has 1 fully saturated rings. The van der Waals surface area contributed by atoms with Crippen molar-refractivity contribution in [3.05, 3.63) is 66.0 Å². The molecule has 3 rings (SSSR count). The van der Waals surface area contributed by atoms with E-state index in [4.69, 9.17) is 0 Å². The van der Waals surface area contributed by atoms with Gasteiger partial charge in [0.05, 0.1) is 6.04 Å². The van der Waals surface area contributed by atoms with Crippen molar-refractivity contribution in [1.82, 2.24) is 10.6 Å². The number of amides is 3. The molecule has 2 atom stereocenters. The fraction of sp³-hybridized carbons (Fsp3) is 0.333. The first-order valence-corrected chi connectivity index (χ1v) is 9.18. The monoisotopic (exact) mass is 369 g/mol. The molecular formula is C21H24FN3O2. The molecule has 1 heterocycles. The molecule has 2 N–H and O–H groups in total. The Morgan fingerprint density at radius 2 is 2.00 bits per heavy atom. The van der Waals surface area contributed by atoms with Crippen molar-refractivity contribution >= 4 is 17.6 Å². The molecule has 0 aromatic heterocycles. The van der Waals surface area contributed by atoms with E-state index in [1.165, 1.54) is 22.6 Å². The normalized spacial score (nSPS) is 17.6. The fourth-order valence-electron chi connectivity index (χ4n) is 3.25. The van der Waals surface area contributed by atoms with Gasteiger partial charge in [0.15, 0.2) is 0 Å². The number of nitrogens with one attached hydrogen (secondary N) is 2. The van der Waals surface area contributed by atoms with Crippen LogP contribution < -0.4 is 15.5 Å². The Morgan fingerprint density at radius 3 is 2.74 bits per heavy atom. The summed E-state index contributed by atoms with van der Waals surface area (Å²) in [5.41, 5.74) is 1.75. The second-order valence-electron chi connectivity index (χ2n) is 6.93. The topological polar surface area (TPSA) is 61.4 Å². The van der Waals surface area contributed by atoms with E-state index >= 15 is 0 Å². The molecule has 0 bridgehead atoms. The van der Waals surface area contributed by atoms with E-state index in [1.807, 2.05) is 25.1 Å². The predicted molar refractivity (Wildman–Crippen MR) is 103 cm³/mol. The molecule has 3 amide bonds. The minimum Gasteiger partial charge on any atom is -0.336 e. The third-order valence-corrected chi connectivity index (χ3v) is 4.67. The summed E-state index contributed by atoms with van der Waals surface area (Å²) in [6.45, 7) is 2.30. The first-order chi connectivity index (χ1) is 13.0. The number of hydrogen-bond acceptors (Lipinski definition) is 2. The second-order valence-corrected chi connectivity index (χ2v) is 6.93. The lowest BCUT2D eigenvalue weighted by Gasteiger charge is -2.19. The number of rotatable bonds is 6. The highest BCUT2D eigenvalue weighted by Gasteiger charge is 2.31. The summed E-state index contributed by atoms with van der Waals surface area (Å²) in [5.74, 6) is -0.510. The van der Waals surface area contributed by atoms with Crippen LogP contribution in [-0.2, 0) is 11.2 Å². The molecule has 0 radical (unpaired) electrons. The summed E-state index contributed by atoms with van der Waals surface area (Å²) < 4.78 is 13.4. The van der Waals surface area contributed by atoms with E-state index in [9.17, 15) is 14.0 Å². The van der Waals surface area contributed by atoms with Gasteiger partial charge < -0.3 is 15.5 Å². The lowest BCUT2D eigenvalue weighted by atomic mass is 10.1. The third kappa shape index (κ3) is 5.29. The summed E-state index contributed by atoms with van der Waals surface area (Å²) in [6.07, 6.45) is 1.93. The van der Waals surface area contributed by atoms with Gasteiger partial charge in [0.1, 0.15) is 5.82 Å². The van der Waals surface area contributed by atoms with Gasteiger partial charge in [0.25, 0.3) is 0 Å². The molecule has 5 nitrogen and oxygen atoms in total. The SMILES string of the molecule is C[C@H](CCc1ccccc1)NC(=O)N[C@H]1CC(=O)N(c2cccc(F)c2)C1. The number of aryl methyl sites for hydroxylation is 1. The maximum absolute atomic E-state index is 13.4. The van der Waals surface area contributed by atoms with E-state index in [1.54, 1.807) is 12.1 Å². The van der Waals surface area contributed by atoms with Gasteiger partial charge in [-0.15, -0.1) is 0 Å². The van der Waals surface area contributed by atoms with Gasteiger partial charge in [-0.2, -0.15) is 0 Å². The number of carbonyl (C=O) groups excluding carboxylic acids is 2. The van der Waals surface area contributed by atoms with Crippen LogP contribution in [0.25, 0.3) is 0 Å². The minimum absolute atomic E-state index is 0.0154. The first kappa shape index (κ1) is 18.9. The van der Waals surface area contributed by atoms with E-state index in [0.29, 0.717) is 12.2 Å². The van der Waals surface area contributed by atoms with Gasteiger partial charge in [0.2, 0.25) is 5.91 Å². The zero-order valence-electron chi connectivity index (χ0n) is 15.3. The quantitative estimate of drug-likeness (QED) is 0.821. The van der Waals surface area contributed by atoms with Gasteiger partial charge in [-0.25, -0.2) is 9.18 Å². The molecule has 1 aliphatic heterocycles. The number of halogens is 1. The van der Waals surface area contributed by atoms with Crippen LogP contribution in [0.3, 0.4) is 0 Å². The smallest absolute Gasteiger partial charge is 0.315 e. The largest absolute Gasteiger partial charge is 0.336 e. The Bertz CT molecular complexity index is 797. The number of carbonyl (C=O) groups is 2. The zero-order valence-corrected chi connectivity index (χ0v) is 15.3. The average Bonchev–Trinajstić information content (AvgIpc) is 3.01. The number of urea groups is 1. The van der Waals surface area contributed by atoms with Crippen LogP contribution in [0.5, 0.6) is 0 Å². The molecule has 6 heteroatoms. The first-order valence-electron chi connectivity index (χ1n) is 9.18. The summed E-state index contributed by atoms with van der Waals surface area (Å²) in [6, 6.07) is 15.5. The Morgan fingerprint density at radius 1 is 1.22 bits per heavy atom. The Kier molecular flexibility index (Phi) is 6.06. The molecule has 0 saturated carbocycles. The molecule has 1 aliphatic rings. The highest BCUT2D eigenvalue weighted by Crippen LogP contribution is 2.22. The van der Waals surface area contributed by atoms with Crippen molar-refractivity contribution in [3.63, 3.8) is 0 Å². The fourth-order valence-corrected chi connectivity index (χ4v) is 3.25. The lowest BCUT2D eigenvalue weighted by Crippen LogP contribution is -2.46. The van der Waals surface area contributed by atoms with E-state index in [2.05, 4.69) is 22.8 Å².